The van der Waals surface area contributed by atoms with Gasteiger partial charge in [0.2, 0.25) is 0 Å². The van der Waals surface area contributed by atoms with E-state index in [0.29, 0.717) is 31.2 Å². The summed E-state index contributed by atoms with van der Waals surface area (Å²) in [7, 11) is 1.65. The van der Waals surface area contributed by atoms with Crippen molar-refractivity contribution in [3.05, 3.63) is 29.3 Å². The van der Waals surface area contributed by atoms with Gasteiger partial charge in [-0.2, -0.15) is 13.2 Å². The summed E-state index contributed by atoms with van der Waals surface area (Å²) in [6.45, 7) is 1.92. The van der Waals surface area contributed by atoms with E-state index in [0.717, 1.165) is 18.9 Å². The lowest BCUT2D eigenvalue weighted by Gasteiger charge is -2.35. The lowest BCUT2D eigenvalue weighted by atomic mass is 9.96. The number of hydrogen-bond acceptors (Lipinski definition) is 2. The molecule has 0 atom stereocenters. The molecule has 0 spiro atoms. The third kappa shape index (κ3) is 4.04. The maximum atomic E-state index is 13.2. The van der Waals surface area contributed by atoms with Gasteiger partial charge in [-0.05, 0) is 36.5 Å². The Morgan fingerprint density at radius 1 is 1.29 bits per heavy atom. The second-order valence-corrected chi connectivity index (χ2v) is 5.64. The fourth-order valence-corrected chi connectivity index (χ4v) is 2.91. The molecule has 1 aliphatic rings. The molecule has 2 nitrogen and oxygen atoms in total. The zero-order valence-electron chi connectivity index (χ0n) is 11.9. The van der Waals surface area contributed by atoms with Crippen molar-refractivity contribution < 1.29 is 17.9 Å². The van der Waals surface area contributed by atoms with E-state index in [-0.39, 0.29) is 11.6 Å². The summed E-state index contributed by atoms with van der Waals surface area (Å²) < 4.78 is 44.8. The van der Waals surface area contributed by atoms with Crippen LogP contribution in [0.15, 0.2) is 18.2 Å². The van der Waals surface area contributed by atoms with E-state index in [9.17, 15) is 13.2 Å². The fraction of sp³-hybridized carbons (Fsp3) is 0.600. The predicted molar refractivity (Wildman–Crippen MR) is 77.8 cm³/mol. The highest BCUT2D eigenvalue weighted by atomic mass is 35.5. The van der Waals surface area contributed by atoms with Gasteiger partial charge in [0.15, 0.2) is 0 Å². The van der Waals surface area contributed by atoms with E-state index in [1.807, 2.05) is 4.90 Å². The average Bonchev–Trinajstić information content (AvgIpc) is 2.47. The topological polar surface area (TPSA) is 12.5 Å². The number of methoxy groups -OCH3 is 1. The van der Waals surface area contributed by atoms with E-state index >= 15 is 0 Å². The quantitative estimate of drug-likeness (QED) is 0.766. The Kier molecular flexibility index (Phi) is 5.38. The lowest BCUT2D eigenvalue weighted by molar-refractivity contribution is -0.137. The van der Waals surface area contributed by atoms with Crippen molar-refractivity contribution in [2.75, 3.05) is 31.7 Å². The Morgan fingerprint density at radius 3 is 2.48 bits per heavy atom. The minimum Gasteiger partial charge on any atom is -0.384 e. The first-order chi connectivity index (χ1) is 9.95. The number of hydrogen-bond donors (Lipinski definition) is 0. The average molecular weight is 322 g/mol. The highest BCUT2D eigenvalue weighted by Gasteiger charge is 2.35. The molecule has 0 N–H and O–H groups in total. The smallest absolute Gasteiger partial charge is 0.384 e. The second kappa shape index (κ2) is 6.88. The zero-order chi connectivity index (χ0) is 15.5. The SMILES string of the molecule is COCC1CCN(c2ccc(CCl)cc2C(F)(F)F)CC1. The van der Waals surface area contributed by atoms with Gasteiger partial charge in [-0.3, -0.25) is 0 Å². The molecule has 0 radical (unpaired) electrons. The van der Waals surface area contributed by atoms with Crippen molar-refractivity contribution in [2.45, 2.75) is 24.9 Å². The van der Waals surface area contributed by atoms with Crippen LogP contribution in [0.2, 0.25) is 0 Å². The molecule has 1 aromatic rings. The number of rotatable bonds is 4. The van der Waals surface area contributed by atoms with Gasteiger partial charge in [0.25, 0.3) is 0 Å². The van der Waals surface area contributed by atoms with Crippen LogP contribution >= 0.6 is 11.6 Å². The normalized spacial score (nSPS) is 17.3. The van der Waals surface area contributed by atoms with Gasteiger partial charge in [0, 0.05) is 38.4 Å². The van der Waals surface area contributed by atoms with Crippen LogP contribution < -0.4 is 4.90 Å². The molecule has 0 amide bonds. The Hall–Kier alpha value is -0.940. The Labute approximate surface area is 127 Å². The Morgan fingerprint density at radius 2 is 1.95 bits per heavy atom. The standard InChI is InChI=1S/C15H19ClF3NO/c1-21-10-11-4-6-20(7-5-11)14-3-2-12(9-16)8-13(14)15(17,18)19/h2-3,8,11H,4-7,9-10H2,1H3. The van der Waals surface area contributed by atoms with Crippen molar-refractivity contribution in [1.82, 2.24) is 0 Å². The zero-order valence-corrected chi connectivity index (χ0v) is 12.7. The molecule has 21 heavy (non-hydrogen) atoms. The summed E-state index contributed by atoms with van der Waals surface area (Å²) in [6, 6.07) is 4.36. The molecule has 0 saturated carbocycles. The van der Waals surface area contributed by atoms with Crippen LogP contribution in [0.1, 0.15) is 24.0 Å². The van der Waals surface area contributed by atoms with Crippen LogP contribution in [0.4, 0.5) is 18.9 Å². The molecule has 1 saturated heterocycles. The van der Waals surface area contributed by atoms with Crippen LogP contribution in [0.25, 0.3) is 0 Å². The van der Waals surface area contributed by atoms with Crippen LogP contribution in [0, 0.1) is 5.92 Å². The third-order valence-corrected chi connectivity index (χ3v) is 4.19. The van der Waals surface area contributed by atoms with E-state index in [1.54, 1.807) is 13.2 Å². The summed E-state index contributed by atoms with van der Waals surface area (Å²) >= 11 is 5.65. The molecule has 118 valence electrons. The Bertz CT molecular complexity index is 470. The van der Waals surface area contributed by atoms with Crippen LogP contribution in [0.3, 0.4) is 0 Å². The van der Waals surface area contributed by atoms with Crippen molar-refractivity contribution in [3.63, 3.8) is 0 Å². The molecule has 1 heterocycles. The molecule has 2 rings (SSSR count). The Balaban J connectivity index is 2.20. The summed E-state index contributed by atoms with van der Waals surface area (Å²) in [6.07, 6.45) is -2.66. The van der Waals surface area contributed by atoms with Crippen LogP contribution in [-0.2, 0) is 16.8 Å². The number of ether oxygens (including phenoxy) is 1. The molecule has 0 aromatic heterocycles. The number of benzene rings is 1. The minimum atomic E-state index is -4.36. The molecule has 1 fully saturated rings. The fourth-order valence-electron chi connectivity index (χ4n) is 2.75. The highest BCUT2D eigenvalue weighted by Crippen LogP contribution is 2.38. The van der Waals surface area contributed by atoms with E-state index in [2.05, 4.69) is 0 Å². The highest BCUT2D eigenvalue weighted by molar-refractivity contribution is 6.17. The predicted octanol–water partition coefficient (Wildman–Crippen LogP) is 4.31. The molecule has 0 bridgehead atoms. The number of piperidine rings is 1. The summed E-state index contributed by atoms with van der Waals surface area (Å²) in [5, 5.41) is 0. The first-order valence-electron chi connectivity index (χ1n) is 6.95. The maximum Gasteiger partial charge on any atom is 0.418 e. The number of halogens is 4. The molecular formula is C15H19ClF3NO. The number of nitrogens with zero attached hydrogens (tertiary/aromatic N) is 1. The second-order valence-electron chi connectivity index (χ2n) is 5.37. The molecule has 6 heteroatoms. The number of anilines is 1. The van der Waals surface area contributed by atoms with Crippen molar-refractivity contribution in [3.8, 4) is 0 Å². The molecule has 0 aliphatic carbocycles. The first kappa shape index (κ1) is 16.4. The summed E-state index contributed by atoms with van der Waals surface area (Å²) in [5.74, 6) is 0.516. The van der Waals surface area contributed by atoms with Gasteiger partial charge in [0.1, 0.15) is 0 Å². The third-order valence-electron chi connectivity index (χ3n) is 3.88. The van der Waals surface area contributed by atoms with Crippen LogP contribution in [-0.4, -0.2) is 26.8 Å². The van der Waals surface area contributed by atoms with Crippen molar-refractivity contribution in [2.24, 2.45) is 5.92 Å². The van der Waals surface area contributed by atoms with E-state index < -0.39 is 11.7 Å². The van der Waals surface area contributed by atoms with Crippen LogP contribution in [0.5, 0.6) is 0 Å². The molecule has 0 unspecified atom stereocenters. The number of alkyl halides is 4. The van der Waals surface area contributed by atoms with Crippen molar-refractivity contribution in [1.29, 1.82) is 0 Å². The molecule has 1 aliphatic heterocycles. The molecular weight excluding hydrogens is 303 g/mol. The van der Waals surface area contributed by atoms with Gasteiger partial charge in [-0.1, -0.05) is 6.07 Å². The van der Waals surface area contributed by atoms with Gasteiger partial charge in [-0.25, -0.2) is 0 Å². The van der Waals surface area contributed by atoms with Gasteiger partial charge in [-0.15, -0.1) is 11.6 Å². The largest absolute Gasteiger partial charge is 0.418 e. The van der Waals surface area contributed by atoms with Gasteiger partial charge < -0.3 is 9.64 Å². The lowest BCUT2D eigenvalue weighted by Crippen LogP contribution is -2.36. The summed E-state index contributed by atoms with van der Waals surface area (Å²) in [5.41, 5.74) is 0.153. The van der Waals surface area contributed by atoms with E-state index in [1.165, 1.54) is 6.07 Å². The molecule has 1 aromatic carbocycles. The monoisotopic (exact) mass is 321 g/mol. The van der Waals surface area contributed by atoms with Gasteiger partial charge >= 0.3 is 6.18 Å². The van der Waals surface area contributed by atoms with Crippen molar-refractivity contribution >= 4 is 17.3 Å². The summed E-state index contributed by atoms with van der Waals surface area (Å²) in [4.78, 5) is 1.81. The van der Waals surface area contributed by atoms with E-state index in [4.69, 9.17) is 16.3 Å². The minimum absolute atomic E-state index is 0.0826. The first-order valence-corrected chi connectivity index (χ1v) is 7.49. The van der Waals surface area contributed by atoms with Gasteiger partial charge in [0.05, 0.1) is 5.56 Å². The maximum absolute atomic E-state index is 13.2.